The highest BCUT2D eigenvalue weighted by atomic mass is 16.3. The summed E-state index contributed by atoms with van der Waals surface area (Å²) in [5, 5.41) is 13.2. The van der Waals surface area contributed by atoms with Crippen LogP contribution in [0.2, 0.25) is 0 Å². The summed E-state index contributed by atoms with van der Waals surface area (Å²) in [7, 11) is 2.04. The van der Waals surface area contributed by atoms with Crippen LogP contribution in [-0.2, 0) is 11.3 Å². The van der Waals surface area contributed by atoms with Gasteiger partial charge in [-0.05, 0) is 45.2 Å². The second-order valence-corrected chi connectivity index (χ2v) is 6.30. The van der Waals surface area contributed by atoms with Crippen molar-refractivity contribution in [2.45, 2.75) is 50.8 Å². The summed E-state index contributed by atoms with van der Waals surface area (Å²) in [5.41, 5.74) is 0.125. The van der Waals surface area contributed by atoms with Gasteiger partial charge in [-0.3, -0.25) is 4.79 Å². The van der Waals surface area contributed by atoms with E-state index in [0.717, 1.165) is 25.9 Å². The summed E-state index contributed by atoms with van der Waals surface area (Å²) in [5.74, 6) is -0.208. The lowest BCUT2D eigenvalue weighted by atomic mass is 10.0. The van der Waals surface area contributed by atoms with Crippen LogP contribution in [-0.4, -0.2) is 41.1 Å². The summed E-state index contributed by atoms with van der Waals surface area (Å²) in [6, 6.07) is 10.3. The van der Waals surface area contributed by atoms with E-state index in [4.69, 9.17) is 0 Å². The SMILES string of the molecule is CC(CN(C)Cc1ccccc1)NC(=O)C1(O)CCCC1. The minimum Gasteiger partial charge on any atom is -0.380 e. The van der Waals surface area contributed by atoms with E-state index in [1.807, 2.05) is 32.2 Å². The van der Waals surface area contributed by atoms with Gasteiger partial charge in [-0.25, -0.2) is 0 Å². The molecule has 1 unspecified atom stereocenters. The Morgan fingerprint density at radius 3 is 2.57 bits per heavy atom. The lowest BCUT2D eigenvalue weighted by molar-refractivity contribution is -0.139. The van der Waals surface area contributed by atoms with Gasteiger partial charge in [0.2, 0.25) is 0 Å². The number of likely N-dealkylation sites (N-methyl/N-ethyl adjacent to an activating group) is 1. The molecule has 4 nitrogen and oxygen atoms in total. The molecule has 4 heteroatoms. The first-order valence-corrected chi connectivity index (χ1v) is 7.75. The predicted octanol–water partition coefficient (Wildman–Crippen LogP) is 1.93. The summed E-state index contributed by atoms with van der Waals surface area (Å²) in [6.45, 7) is 3.60. The van der Waals surface area contributed by atoms with Crippen LogP contribution in [0.5, 0.6) is 0 Å². The van der Waals surface area contributed by atoms with Crippen molar-refractivity contribution in [2.75, 3.05) is 13.6 Å². The fourth-order valence-electron chi connectivity index (χ4n) is 3.02. The molecule has 2 rings (SSSR count). The lowest BCUT2D eigenvalue weighted by Crippen LogP contribution is -2.50. The zero-order valence-corrected chi connectivity index (χ0v) is 13.0. The first-order valence-electron chi connectivity index (χ1n) is 7.75. The maximum Gasteiger partial charge on any atom is 0.252 e. The Morgan fingerprint density at radius 2 is 1.95 bits per heavy atom. The van der Waals surface area contributed by atoms with Crippen LogP contribution in [0, 0.1) is 0 Å². The van der Waals surface area contributed by atoms with Crippen LogP contribution in [0.4, 0.5) is 0 Å². The second kappa shape index (κ2) is 7.05. The Morgan fingerprint density at radius 1 is 1.33 bits per heavy atom. The molecule has 0 aromatic heterocycles. The summed E-state index contributed by atoms with van der Waals surface area (Å²) >= 11 is 0. The number of hydrogen-bond donors (Lipinski definition) is 2. The third kappa shape index (κ3) is 4.55. The van der Waals surface area contributed by atoms with Gasteiger partial charge in [0.25, 0.3) is 5.91 Å². The first-order chi connectivity index (χ1) is 9.99. The monoisotopic (exact) mass is 290 g/mol. The molecule has 0 radical (unpaired) electrons. The van der Waals surface area contributed by atoms with Gasteiger partial charge >= 0.3 is 0 Å². The third-order valence-corrected chi connectivity index (χ3v) is 4.11. The Bertz CT molecular complexity index is 455. The van der Waals surface area contributed by atoms with E-state index in [0.29, 0.717) is 12.8 Å². The average Bonchev–Trinajstić information content (AvgIpc) is 2.87. The molecule has 1 fully saturated rings. The molecule has 0 bridgehead atoms. The normalized spacial score (nSPS) is 18.7. The molecule has 0 saturated heterocycles. The van der Waals surface area contributed by atoms with E-state index >= 15 is 0 Å². The van der Waals surface area contributed by atoms with Crippen molar-refractivity contribution in [1.82, 2.24) is 10.2 Å². The molecule has 0 spiro atoms. The quantitative estimate of drug-likeness (QED) is 0.842. The number of benzene rings is 1. The fourth-order valence-corrected chi connectivity index (χ4v) is 3.02. The predicted molar refractivity (Wildman–Crippen MR) is 83.8 cm³/mol. The standard InChI is InChI=1S/C17H26N2O2/c1-14(18-16(20)17(21)10-6-7-11-17)12-19(2)13-15-8-4-3-5-9-15/h3-5,8-9,14,21H,6-7,10-13H2,1-2H3,(H,18,20). The molecular weight excluding hydrogens is 264 g/mol. The summed E-state index contributed by atoms with van der Waals surface area (Å²) < 4.78 is 0. The zero-order chi connectivity index (χ0) is 15.3. The molecule has 2 N–H and O–H groups in total. The highest BCUT2D eigenvalue weighted by Gasteiger charge is 2.39. The summed E-state index contributed by atoms with van der Waals surface area (Å²) in [6.07, 6.45) is 3.05. The number of carbonyl (C=O) groups excluding carboxylic acids is 1. The molecule has 1 saturated carbocycles. The van der Waals surface area contributed by atoms with Gasteiger partial charge in [0.05, 0.1) is 0 Å². The van der Waals surface area contributed by atoms with Crippen molar-refractivity contribution in [2.24, 2.45) is 0 Å². The molecule has 116 valence electrons. The number of amides is 1. The van der Waals surface area contributed by atoms with Crippen molar-refractivity contribution in [1.29, 1.82) is 0 Å². The molecule has 0 heterocycles. The van der Waals surface area contributed by atoms with Crippen LogP contribution in [0.25, 0.3) is 0 Å². The van der Waals surface area contributed by atoms with Gasteiger partial charge in [-0.15, -0.1) is 0 Å². The second-order valence-electron chi connectivity index (χ2n) is 6.30. The number of nitrogens with zero attached hydrogens (tertiary/aromatic N) is 1. The van der Waals surface area contributed by atoms with Crippen LogP contribution in [0.15, 0.2) is 30.3 Å². The fraction of sp³-hybridized carbons (Fsp3) is 0.588. The largest absolute Gasteiger partial charge is 0.380 e. The first kappa shape index (κ1) is 16.0. The van der Waals surface area contributed by atoms with Crippen molar-refractivity contribution < 1.29 is 9.90 Å². The number of hydrogen-bond acceptors (Lipinski definition) is 3. The third-order valence-electron chi connectivity index (χ3n) is 4.11. The Balaban J connectivity index is 1.78. The number of nitrogens with one attached hydrogen (secondary N) is 1. The average molecular weight is 290 g/mol. The smallest absolute Gasteiger partial charge is 0.252 e. The van der Waals surface area contributed by atoms with E-state index < -0.39 is 5.60 Å². The Hall–Kier alpha value is -1.39. The molecule has 1 aliphatic rings. The number of rotatable bonds is 6. The molecule has 1 aromatic carbocycles. The molecule has 1 atom stereocenters. The van der Waals surface area contributed by atoms with Gasteiger partial charge in [0.15, 0.2) is 0 Å². The van der Waals surface area contributed by atoms with Gasteiger partial charge in [-0.1, -0.05) is 30.3 Å². The van der Waals surface area contributed by atoms with Gasteiger partial charge < -0.3 is 15.3 Å². The van der Waals surface area contributed by atoms with Crippen molar-refractivity contribution in [3.8, 4) is 0 Å². The van der Waals surface area contributed by atoms with Crippen molar-refractivity contribution >= 4 is 5.91 Å². The minimum atomic E-state index is -1.13. The Kier molecular flexibility index (Phi) is 5.37. The molecule has 21 heavy (non-hydrogen) atoms. The molecule has 0 aliphatic heterocycles. The zero-order valence-electron chi connectivity index (χ0n) is 13.0. The van der Waals surface area contributed by atoms with Gasteiger partial charge in [-0.2, -0.15) is 0 Å². The lowest BCUT2D eigenvalue weighted by Gasteiger charge is -2.26. The van der Waals surface area contributed by atoms with Crippen molar-refractivity contribution in [3.05, 3.63) is 35.9 Å². The molecule has 1 amide bonds. The van der Waals surface area contributed by atoms with E-state index in [9.17, 15) is 9.90 Å². The van der Waals surface area contributed by atoms with Gasteiger partial charge in [0.1, 0.15) is 5.60 Å². The molecule has 1 aromatic rings. The van der Waals surface area contributed by atoms with E-state index in [1.165, 1.54) is 5.56 Å². The van der Waals surface area contributed by atoms with Crippen LogP contribution in [0.3, 0.4) is 0 Å². The Labute approximate surface area is 127 Å². The van der Waals surface area contributed by atoms with Crippen LogP contribution >= 0.6 is 0 Å². The van der Waals surface area contributed by atoms with E-state index in [-0.39, 0.29) is 11.9 Å². The molecule has 1 aliphatic carbocycles. The van der Waals surface area contributed by atoms with Crippen LogP contribution < -0.4 is 5.32 Å². The highest BCUT2D eigenvalue weighted by Crippen LogP contribution is 2.29. The maximum absolute atomic E-state index is 12.1. The number of carbonyl (C=O) groups is 1. The van der Waals surface area contributed by atoms with Gasteiger partial charge in [0, 0.05) is 19.1 Å². The van der Waals surface area contributed by atoms with Crippen LogP contribution in [0.1, 0.15) is 38.2 Å². The molecular formula is C17H26N2O2. The topological polar surface area (TPSA) is 52.6 Å². The van der Waals surface area contributed by atoms with E-state index in [1.54, 1.807) is 0 Å². The number of aliphatic hydroxyl groups is 1. The summed E-state index contributed by atoms with van der Waals surface area (Å²) in [4.78, 5) is 14.3. The maximum atomic E-state index is 12.1. The highest BCUT2D eigenvalue weighted by molar-refractivity contribution is 5.85. The van der Waals surface area contributed by atoms with E-state index in [2.05, 4.69) is 22.3 Å². The van der Waals surface area contributed by atoms with Crippen molar-refractivity contribution in [3.63, 3.8) is 0 Å². The minimum absolute atomic E-state index is 0.0239.